The molecular weight excluding hydrogens is 261 g/mol. The van der Waals surface area contributed by atoms with Crippen LogP contribution in [0.1, 0.15) is 6.42 Å². The zero-order chi connectivity index (χ0) is 12.8. The number of hydrogen-bond donors (Lipinski definition) is 3. The van der Waals surface area contributed by atoms with E-state index in [1.54, 1.807) is 0 Å². The lowest BCUT2D eigenvalue weighted by Gasteiger charge is -2.38. The fourth-order valence-electron chi connectivity index (χ4n) is 1.84. The van der Waals surface area contributed by atoms with Crippen molar-refractivity contribution in [3.05, 3.63) is 0 Å². The highest BCUT2D eigenvalue weighted by Crippen LogP contribution is 2.38. The Balaban J connectivity index is 2.09. The van der Waals surface area contributed by atoms with Gasteiger partial charge in [0, 0.05) is 0 Å². The van der Waals surface area contributed by atoms with Crippen LogP contribution in [0.4, 0.5) is 13.2 Å². The third kappa shape index (κ3) is 2.67. The number of aliphatic imine (C=N–C) groups is 1. The van der Waals surface area contributed by atoms with Crippen molar-refractivity contribution in [2.45, 2.75) is 42.4 Å². The minimum atomic E-state index is -4.46. The zero-order valence-corrected chi connectivity index (χ0v) is 9.28. The van der Waals surface area contributed by atoms with E-state index < -0.39 is 42.4 Å². The molecule has 0 saturated carbocycles. The maximum atomic E-state index is 12.2. The molecule has 0 aromatic rings. The molecule has 98 valence electrons. The average molecular weight is 272 g/mol. The Morgan fingerprint density at radius 3 is 2.59 bits per heavy atom. The van der Waals surface area contributed by atoms with E-state index in [1.165, 1.54) is 0 Å². The molecule has 1 saturated heterocycles. The molecule has 17 heavy (non-hydrogen) atoms. The fourth-order valence-corrected chi connectivity index (χ4v) is 2.82. The summed E-state index contributed by atoms with van der Waals surface area (Å²) < 4.78 is 41.8. The highest BCUT2D eigenvalue weighted by molar-refractivity contribution is 8.14. The summed E-state index contributed by atoms with van der Waals surface area (Å²) in [7, 11) is 0. The number of ether oxygens (including phenoxy) is 1. The Labute approximate surface area is 98.8 Å². The van der Waals surface area contributed by atoms with Crippen LogP contribution in [-0.4, -0.2) is 51.3 Å². The van der Waals surface area contributed by atoms with Crippen LogP contribution in [0.3, 0.4) is 0 Å². The van der Waals surface area contributed by atoms with Crippen LogP contribution in [0, 0.1) is 0 Å². The second-order valence-electron chi connectivity index (χ2n) is 3.92. The van der Waals surface area contributed by atoms with E-state index >= 15 is 0 Å². The molecule has 0 spiro atoms. The minimum absolute atomic E-state index is 0.138. The summed E-state index contributed by atoms with van der Waals surface area (Å²) in [5, 5.41) is 19.3. The summed E-state index contributed by atoms with van der Waals surface area (Å²) in [5.41, 5.74) is 4.63. The van der Waals surface area contributed by atoms with Gasteiger partial charge in [-0.1, -0.05) is 11.8 Å². The van der Waals surface area contributed by atoms with E-state index in [2.05, 4.69) is 4.99 Å². The molecule has 0 radical (unpaired) electrons. The number of aliphatic hydroxyl groups is 2. The van der Waals surface area contributed by atoms with Crippen LogP contribution in [0.15, 0.2) is 4.99 Å². The molecule has 0 amide bonds. The standard InChI is InChI=1S/C8H11F3N2O3S/c9-8(10,11)1-2-4(14)5(15)3-6(16-2)17-7(12)13-3/h2-6,14-15H,1H2,(H2,12,13)/t2-,3-,4-,5-,6-/m1/s1. The molecule has 2 heterocycles. The van der Waals surface area contributed by atoms with E-state index in [0.29, 0.717) is 0 Å². The van der Waals surface area contributed by atoms with Gasteiger partial charge in [0.2, 0.25) is 0 Å². The number of nitrogens with zero attached hydrogens (tertiary/aromatic N) is 1. The third-order valence-corrected chi connectivity index (χ3v) is 3.58. The maximum Gasteiger partial charge on any atom is 0.391 e. The molecule has 2 aliphatic rings. The molecule has 4 N–H and O–H groups in total. The quantitative estimate of drug-likeness (QED) is 0.616. The molecule has 0 aromatic heterocycles. The van der Waals surface area contributed by atoms with Gasteiger partial charge in [-0.2, -0.15) is 13.2 Å². The molecule has 0 bridgehead atoms. The summed E-state index contributed by atoms with van der Waals surface area (Å²) >= 11 is 0.952. The van der Waals surface area contributed by atoms with E-state index in [1.807, 2.05) is 0 Å². The molecular formula is C8H11F3N2O3S. The van der Waals surface area contributed by atoms with Crippen LogP contribution in [-0.2, 0) is 4.74 Å². The van der Waals surface area contributed by atoms with Crippen LogP contribution >= 0.6 is 11.8 Å². The van der Waals surface area contributed by atoms with Gasteiger partial charge >= 0.3 is 6.18 Å². The lowest BCUT2D eigenvalue weighted by molar-refractivity contribution is -0.209. The number of nitrogens with two attached hydrogens (primary N) is 1. The van der Waals surface area contributed by atoms with Crippen molar-refractivity contribution in [3.63, 3.8) is 0 Å². The Bertz CT molecular complexity index is 338. The van der Waals surface area contributed by atoms with E-state index in [4.69, 9.17) is 10.5 Å². The number of fused-ring (bicyclic) bond motifs is 1. The number of rotatable bonds is 1. The lowest BCUT2D eigenvalue weighted by atomic mass is 9.96. The predicted octanol–water partition coefficient (Wildman–Crippen LogP) is -0.184. The van der Waals surface area contributed by atoms with Crippen molar-refractivity contribution in [2.24, 2.45) is 10.7 Å². The van der Waals surface area contributed by atoms with Crippen molar-refractivity contribution in [3.8, 4) is 0 Å². The summed E-state index contributed by atoms with van der Waals surface area (Å²) in [6.45, 7) is 0. The molecule has 1 fully saturated rings. The number of halogens is 3. The number of hydrogen-bond acceptors (Lipinski definition) is 6. The first-order valence-electron chi connectivity index (χ1n) is 4.86. The second-order valence-corrected chi connectivity index (χ2v) is 5.04. The molecule has 5 atom stereocenters. The van der Waals surface area contributed by atoms with Gasteiger partial charge in [-0.15, -0.1) is 0 Å². The molecule has 2 aliphatic heterocycles. The topological polar surface area (TPSA) is 88.1 Å². The lowest BCUT2D eigenvalue weighted by Crippen LogP contribution is -2.55. The molecule has 0 aliphatic carbocycles. The first-order chi connectivity index (χ1) is 7.78. The van der Waals surface area contributed by atoms with Crippen molar-refractivity contribution in [1.82, 2.24) is 0 Å². The average Bonchev–Trinajstić information content (AvgIpc) is 2.53. The summed E-state index contributed by atoms with van der Waals surface area (Å²) in [4.78, 5) is 3.81. The van der Waals surface area contributed by atoms with Crippen LogP contribution in [0.2, 0.25) is 0 Å². The van der Waals surface area contributed by atoms with Crippen LogP contribution in [0.5, 0.6) is 0 Å². The predicted molar refractivity (Wildman–Crippen MR) is 54.3 cm³/mol. The summed E-state index contributed by atoms with van der Waals surface area (Å²) in [6.07, 6.45) is -10.3. The number of thioether (sulfide) groups is 1. The largest absolute Gasteiger partial charge is 0.391 e. The van der Waals surface area contributed by atoms with Crippen LogP contribution in [0.25, 0.3) is 0 Å². The third-order valence-electron chi connectivity index (χ3n) is 2.61. The smallest absolute Gasteiger partial charge is 0.388 e. The molecule has 9 heteroatoms. The number of alkyl halides is 3. The van der Waals surface area contributed by atoms with Crippen molar-refractivity contribution < 1.29 is 28.1 Å². The van der Waals surface area contributed by atoms with Gasteiger partial charge in [0.25, 0.3) is 0 Å². The van der Waals surface area contributed by atoms with Gasteiger partial charge in [0.15, 0.2) is 5.17 Å². The highest BCUT2D eigenvalue weighted by atomic mass is 32.2. The minimum Gasteiger partial charge on any atom is -0.388 e. The molecule has 0 aromatic carbocycles. The van der Waals surface area contributed by atoms with Gasteiger partial charge < -0.3 is 20.7 Å². The molecule has 0 unspecified atom stereocenters. The van der Waals surface area contributed by atoms with Gasteiger partial charge in [-0.25, -0.2) is 0 Å². The molecule has 5 nitrogen and oxygen atoms in total. The summed E-state index contributed by atoms with van der Waals surface area (Å²) in [6, 6.07) is -0.806. The van der Waals surface area contributed by atoms with Crippen molar-refractivity contribution in [2.75, 3.05) is 0 Å². The van der Waals surface area contributed by atoms with Crippen LogP contribution < -0.4 is 5.73 Å². The SMILES string of the molecule is NC1=N[C@@H]2[C@@H](O)[C@H](O)[C@@H](CC(F)(F)F)O[C@@H]2S1. The van der Waals surface area contributed by atoms with Gasteiger partial charge in [0.05, 0.1) is 12.5 Å². The first kappa shape index (κ1) is 12.9. The Hall–Kier alpha value is -0.510. The van der Waals surface area contributed by atoms with E-state index in [9.17, 15) is 23.4 Å². The summed E-state index contributed by atoms with van der Waals surface area (Å²) in [5.74, 6) is 0. The van der Waals surface area contributed by atoms with E-state index in [0.717, 1.165) is 11.8 Å². The zero-order valence-electron chi connectivity index (χ0n) is 8.46. The number of aliphatic hydroxyl groups excluding tert-OH is 2. The van der Waals surface area contributed by atoms with E-state index in [-0.39, 0.29) is 5.17 Å². The van der Waals surface area contributed by atoms with Gasteiger partial charge in [0.1, 0.15) is 23.7 Å². The molecule has 2 rings (SSSR count). The van der Waals surface area contributed by atoms with Gasteiger partial charge in [-0.05, 0) is 0 Å². The highest BCUT2D eigenvalue weighted by Gasteiger charge is 2.50. The van der Waals surface area contributed by atoms with Crippen molar-refractivity contribution in [1.29, 1.82) is 0 Å². The second kappa shape index (κ2) is 4.30. The Morgan fingerprint density at radius 1 is 1.35 bits per heavy atom. The monoisotopic (exact) mass is 272 g/mol. The fraction of sp³-hybridized carbons (Fsp3) is 0.875. The van der Waals surface area contributed by atoms with Gasteiger partial charge in [-0.3, -0.25) is 4.99 Å². The van der Waals surface area contributed by atoms with Crippen molar-refractivity contribution >= 4 is 16.9 Å². The maximum absolute atomic E-state index is 12.2. The number of amidine groups is 1. The Kier molecular flexibility index (Phi) is 3.27. The Morgan fingerprint density at radius 2 is 2.00 bits per heavy atom. The normalized spacial score (nSPS) is 42.2. The first-order valence-corrected chi connectivity index (χ1v) is 5.74.